The van der Waals surface area contributed by atoms with Crippen LogP contribution in [0.2, 0.25) is 0 Å². The average Bonchev–Trinajstić information content (AvgIpc) is 2.31. The van der Waals surface area contributed by atoms with Crippen LogP contribution in [-0.2, 0) is 6.42 Å². The molecule has 1 aromatic heterocycles. The second-order valence-electron chi connectivity index (χ2n) is 3.47. The zero-order valence-electron chi connectivity index (χ0n) is 8.56. The molecule has 0 bridgehead atoms. The molecular weight excluding hydrogens is 182 g/mol. The maximum Gasteiger partial charge on any atom is 0.0447 e. The van der Waals surface area contributed by atoms with Gasteiger partial charge in [0.05, 0.1) is 0 Å². The molecule has 0 saturated heterocycles. The first kappa shape index (κ1) is 9.66. The molecule has 2 aromatic rings. The van der Waals surface area contributed by atoms with Crippen LogP contribution >= 0.6 is 0 Å². The van der Waals surface area contributed by atoms with Crippen molar-refractivity contribution >= 4 is 5.57 Å². The van der Waals surface area contributed by atoms with Gasteiger partial charge in [-0.3, -0.25) is 4.98 Å². The first-order valence-corrected chi connectivity index (χ1v) is 4.99. The highest BCUT2D eigenvalue weighted by atomic mass is 14.7. The number of aromatic nitrogens is 1. The summed E-state index contributed by atoms with van der Waals surface area (Å²) in [6.07, 6.45) is 2.62. The molecule has 0 saturated carbocycles. The minimum absolute atomic E-state index is 0.810. The monoisotopic (exact) mass is 195 g/mol. The number of benzene rings is 1. The third-order valence-electron chi connectivity index (χ3n) is 2.30. The van der Waals surface area contributed by atoms with Gasteiger partial charge in [-0.1, -0.05) is 43.0 Å². The fourth-order valence-corrected chi connectivity index (χ4v) is 1.50. The van der Waals surface area contributed by atoms with Gasteiger partial charge in [0.15, 0.2) is 0 Å². The molecule has 0 fully saturated rings. The molecular formula is C14H13N. The van der Waals surface area contributed by atoms with Crippen LogP contribution in [0.4, 0.5) is 0 Å². The topological polar surface area (TPSA) is 12.9 Å². The molecule has 1 heterocycles. The van der Waals surface area contributed by atoms with Crippen molar-refractivity contribution in [1.82, 2.24) is 4.98 Å². The first-order chi connectivity index (χ1) is 7.36. The Balaban J connectivity index is 2.12. The van der Waals surface area contributed by atoms with Gasteiger partial charge >= 0.3 is 0 Å². The minimum Gasteiger partial charge on any atom is -0.261 e. The van der Waals surface area contributed by atoms with Crippen LogP contribution in [0, 0.1) is 0 Å². The summed E-state index contributed by atoms with van der Waals surface area (Å²) in [6, 6.07) is 16.2. The van der Waals surface area contributed by atoms with Crippen molar-refractivity contribution in [2.24, 2.45) is 0 Å². The van der Waals surface area contributed by atoms with E-state index in [2.05, 4.69) is 23.7 Å². The van der Waals surface area contributed by atoms with Gasteiger partial charge < -0.3 is 0 Å². The fourth-order valence-electron chi connectivity index (χ4n) is 1.50. The lowest BCUT2D eigenvalue weighted by molar-refractivity contribution is 1.12. The highest BCUT2D eigenvalue weighted by molar-refractivity contribution is 5.64. The van der Waals surface area contributed by atoms with Crippen LogP contribution < -0.4 is 0 Å². The maximum atomic E-state index is 4.28. The number of hydrogen-bond donors (Lipinski definition) is 0. The molecule has 74 valence electrons. The summed E-state index contributed by atoms with van der Waals surface area (Å²) in [7, 11) is 0. The van der Waals surface area contributed by atoms with E-state index in [0.29, 0.717) is 0 Å². The van der Waals surface area contributed by atoms with E-state index in [1.165, 1.54) is 5.56 Å². The molecule has 1 aromatic carbocycles. The summed E-state index contributed by atoms with van der Waals surface area (Å²) in [5.74, 6) is 0. The third-order valence-corrected chi connectivity index (χ3v) is 2.30. The van der Waals surface area contributed by atoms with E-state index >= 15 is 0 Å². The second-order valence-corrected chi connectivity index (χ2v) is 3.47. The Hall–Kier alpha value is -1.89. The molecule has 0 radical (unpaired) electrons. The molecule has 0 amide bonds. The predicted octanol–water partition coefficient (Wildman–Crippen LogP) is 3.34. The van der Waals surface area contributed by atoms with Gasteiger partial charge in [0, 0.05) is 18.3 Å². The zero-order chi connectivity index (χ0) is 10.5. The molecule has 2 rings (SSSR count). The lowest BCUT2D eigenvalue weighted by Crippen LogP contribution is -1.91. The Morgan fingerprint density at radius 1 is 1.00 bits per heavy atom. The number of hydrogen-bond acceptors (Lipinski definition) is 1. The third kappa shape index (κ3) is 2.53. The summed E-state index contributed by atoms with van der Waals surface area (Å²) >= 11 is 0. The highest BCUT2D eigenvalue weighted by Gasteiger charge is 1.99. The van der Waals surface area contributed by atoms with Crippen LogP contribution in [-0.4, -0.2) is 4.98 Å². The molecule has 0 aliphatic heterocycles. The first-order valence-electron chi connectivity index (χ1n) is 4.99. The van der Waals surface area contributed by atoms with Gasteiger partial charge in [-0.25, -0.2) is 0 Å². The highest BCUT2D eigenvalue weighted by Crippen LogP contribution is 2.15. The van der Waals surface area contributed by atoms with Crippen LogP contribution in [0.25, 0.3) is 5.57 Å². The van der Waals surface area contributed by atoms with E-state index in [1.807, 2.05) is 42.6 Å². The van der Waals surface area contributed by atoms with E-state index in [4.69, 9.17) is 0 Å². The average molecular weight is 195 g/mol. The maximum absolute atomic E-state index is 4.28. The molecule has 0 aliphatic rings. The molecule has 0 aliphatic carbocycles. The van der Waals surface area contributed by atoms with E-state index in [9.17, 15) is 0 Å². The van der Waals surface area contributed by atoms with Gasteiger partial charge in [0.1, 0.15) is 0 Å². The van der Waals surface area contributed by atoms with Crippen LogP contribution in [0.3, 0.4) is 0 Å². The predicted molar refractivity (Wildman–Crippen MR) is 63.4 cm³/mol. The largest absolute Gasteiger partial charge is 0.261 e. The van der Waals surface area contributed by atoms with Crippen molar-refractivity contribution in [2.45, 2.75) is 6.42 Å². The summed E-state index contributed by atoms with van der Waals surface area (Å²) in [5.41, 5.74) is 3.35. The molecule has 0 N–H and O–H groups in total. The normalized spacial score (nSPS) is 9.87. The molecule has 1 nitrogen and oxygen atoms in total. The second kappa shape index (κ2) is 4.56. The van der Waals surface area contributed by atoms with Crippen LogP contribution in [0.5, 0.6) is 0 Å². The summed E-state index contributed by atoms with van der Waals surface area (Å²) in [5, 5.41) is 0. The molecule has 0 spiro atoms. The SMILES string of the molecule is C=C(Cc1ccccn1)c1ccccc1. The zero-order valence-corrected chi connectivity index (χ0v) is 8.56. The number of rotatable bonds is 3. The van der Waals surface area contributed by atoms with E-state index in [1.54, 1.807) is 0 Å². The summed E-state index contributed by atoms with van der Waals surface area (Å²) in [4.78, 5) is 4.28. The lowest BCUT2D eigenvalue weighted by atomic mass is 10.0. The van der Waals surface area contributed by atoms with Crippen molar-refractivity contribution in [3.63, 3.8) is 0 Å². The van der Waals surface area contributed by atoms with Gasteiger partial charge in [-0.05, 0) is 23.3 Å². The Kier molecular flexibility index (Phi) is 2.93. The van der Waals surface area contributed by atoms with Crippen molar-refractivity contribution < 1.29 is 0 Å². The quantitative estimate of drug-likeness (QED) is 0.732. The van der Waals surface area contributed by atoms with Crippen molar-refractivity contribution in [2.75, 3.05) is 0 Å². The molecule has 0 unspecified atom stereocenters. The van der Waals surface area contributed by atoms with Crippen LogP contribution in [0.15, 0.2) is 61.3 Å². The van der Waals surface area contributed by atoms with Gasteiger partial charge in [-0.15, -0.1) is 0 Å². The molecule has 0 atom stereocenters. The van der Waals surface area contributed by atoms with Crippen molar-refractivity contribution in [1.29, 1.82) is 0 Å². The Morgan fingerprint density at radius 3 is 2.40 bits per heavy atom. The number of allylic oxidation sites excluding steroid dienone is 1. The van der Waals surface area contributed by atoms with Gasteiger partial charge in [0.25, 0.3) is 0 Å². The lowest BCUT2D eigenvalue weighted by Gasteiger charge is -2.04. The Labute approximate surface area is 90.1 Å². The van der Waals surface area contributed by atoms with Crippen LogP contribution in [0.1, 0.15) is 11.3 Å². The van der Waals surface area contributed by atoms with E-state index < -0.39 is 0 Å². The van der Waals surface area contributed by atoms with E-state index in [-0.39, 0.29) is 0 Å². The summed E-state index contributed by atoms with van der Waals surface area (Å²) in [6.45, 7) is 4.08. The number of pyridine rings is 1. The standard InChI is InChI=1S/C14H13N/c1-12(13-7-3-2-4-8-13)11-14-9-5-6-10-15-14/h2-10H,1,11H2. The van der Waals surface area contributed by atoms with Crippen molar-refractivity contribution in [3.8, 4) is 0 Å². The van der Waals surface area contributed by atoms with E-state index in [0.717, 1.165) is 17.7 Å². The summed E-state index contributed by atoms with van der Waals surface area (Å²) < 4.78 is 0. The Bertz CT molecular complexity index is 431. The van der Waals surface area contributed by atoms with Gasteiger partial charge in [0.2, 0.25) is 0 Å². The number of nitrogens with zero attached hydrogens (tertiary/aromatic N) is 1. The molecule has 15 heavy (non-hydrogen) atoms. The van der Waals surface area contributed by atoms with Crippen molar-refractivity contribution in [3.05, 3.63) is 72.6 Å². The smallest absolute Gasteiger partial charge is 0.0447 e. The Morgan fingerprint density at radius 2 is 1.73 bits per heavy atom. The molecule has 1 heteroatoms. The fraction of sp³-hybridized carbons (Fsp3) is 0.0714. The van der Waals surface area contributed by atoms with Gasteiger partial charge in [-0.2, -0.15) is 0 Å². The minimum atomic E-state index is 0.810.